The molecular formula is C15H23N3O2. The zero-order valence-electron chi connectivity index (χ0n) is 12.6. The Bertz CT molecular complexity index is 537. The molecule has 0 fully saturated rings. The average molecular weight is 277 g/mol. The van der Waals surface area contributed by atoms with Gasteiger partial charge >= 0.3 is 0 Å². The Morgan fingerprint density at radius 3 is 2.40 bits per heavy atom. The first-order valence-electron chi connectivity index (χ1n) is 6.90. The Balaban J connectivity index is 2.42. The second-order valence-electron chi connectivity index (χ2n) is 5.41. The minimum Gasteiger partial charge on any atom is -0.493 e. The highest BCUT2D eigenvalue weighted by molar-refractivity contribution is 5.79. The predicted octanol–water partition coefficient (Wildman–Crippen LogP) is 2.67. The number of rotatable bonds is 6. The Morgan fingerprint density at radius 2 is 1.85 bits per heavy atom. The molecule has 1 heterocycles. The van der Waals surface area contributed by atoms with Gasteiger partial charge in [-0.1, -0.05) is 13.8 Å². The molecule has 0 spiro atoms. The number of benzene rings is 1. The Morgan fingerprint density at radius 1 is 1.20 bits per heavy atom. The molecule has 1 aromatic heterocycles. The molecule has 0 saturated carbocycles. The van der Waals surface area contributed by atoms with Crippen molar-refractivity contribution in [3.63, 3.8) is 0 Å². The predicted molar refractivity (Wildman–Crippen MR) is 80.4 cm³/mol. The van der Waals surface area contributed by atoms with Crippen molar-refractivity contribution >= 4 is 11.0 Å². The van der Waals surface area contributed by atoms with Crippen molar-refractivity contribution in [3.8, 4) is 11.5 Å². The number of H-pyrrole nitrogens is 1. The smallest absolute Gasteiger partial charge is 0.163 e. The van der Waals surface area contributed by atoms with Crippen LogP contribution in [0.25, 0.3) is 11.0 Å². The lowest BCUT2D eigenvalue weighted by Gasteiger charge is -2.14. The fraction of sp³-hybridized carbons (Fsp3) is 0.533. The highest BCUT2D eigenvalue weighted by atomic mass is 16.5. The summed E-state index contributed by atoms with van der Waals surface area (Å²) in [5.74, 6) is 3.15. The van der Waals surface area contributed by atoms with Crippen molar-refractivity contribution in [1.29, 1.82) is 0 Å². The normalized spacial score (nSPS) is 12.9. The van der Waals surface area contributed by atoms with E-state index in [1.165, 1.54) is 0 Å². The van der Waals surface area contributed by atoms with Gasteiger partial charge in [0, 0.05) is 24.6 Å². The van der Waals surface area contributed by atoms with Gasteiger partial charge in [0.1, 0.15) is 5.82 Å². The van der Waals surface area contributed by atoms with E-state index in [2.05, 4.69) is 23.8 Å². The first kappa shape index (κ1) is 14.7. The number of imidazole rings is 1. The first-order valence-corrected chi connectivity index (χ1v) is 6.90. The van der Waals surface area contributed by atoms with Gasteiger partial charge in [-0.15, -0.1) is 0 Å². The number of ether oxygens (including phenoxy) is 2. The highest BCUT2D eigenvalue weighted by Gasteiger charge is 2.17. The molecule has 2 aromatic rings. The molecule has 5 heteroatoms. The molecule has 20 heavy (non-hydrogen) atoms. The van der Waals surface area contributed by atoms with E-state index < -0.39 is 0 Å². The molecule has 1 unspecified atom stereocenters. The minimum atomic E-state index is 0.249. The van der Waals surface area contributed by atoms with Crippen LogP contribution in [0.4, 0.5) is 0 Å². The number of methoxy groups -OCH3 is 2. The number of hydrogen-bond acceptors (Lipinski definition) is 4. The summed E-state index contributed by atoms with van der Waals surface area (Å²) in [6.45, 7) is 4.97. The van der Waals surface area contributed by atoms with Gasteiger partial charge in [-0.3, -0.25) is 0 Å². The molecule has 0 amide bonds. The Kier molecular flexibility index (Phi) is 4.49. The van der Waals surface area contributed by atoms with Crippen molar-refractivity contribution in [2.45, 2.75) is 26.2 Å². The van der Waals surface area contributed by atoms with Crippen LogP contribution in [0.3, 0.4) is 0 Å². The monoisotopic (exact) mass is 277 g/mol. The minimum absolute atomic E-state index is 0.249. The van der Waals surface area contributed by atoms with Crippen molar-refractivity contribution in [2.24, 2.45) is 11.7 Å². The summed E-state index contributed by atoms with van der Waals surface area (Å²) in [4.78, 5) is 8.00. The molecule has 0 aliphatic carbocycles. The van der Waals surface area contributed by atoms with Gasteiger partial charge in [0.05, 0.1) is 25.3 Å². The molecule has 0 aliphatic heterocycles. The van der Waals surface area contributed by atoms with E-state index in [0.29, 0.717) is 24.0 Å². The third kappa shape index (κ3) is 2.88. The number of nitrogens with zero attached hydrogens (tertiary/aromatic N) is 1. The van der Waals surface area contributed by atoms with Crippen LogP contribution >= 0.6 is 0 Å². The average Bonchev–Trinajstić information content (AvgIpc) is 2.85. The van der Waals surface area contributed by atoms with Crippen LogP contribution in [-0.4, -0.2) is 30.7 Å². The quantitative estimate of drug-likeness (QED) is 0.851. The number of aromatic amines is 1. The van der Waals surface area contributed by atoms with Gasteiger partial charge < -0.3 is 20.2 Å². The van der Waals surface area contributed by atoms with Gasteiger partial charge in [0.25, 0.3) is 0 Å². The molecule has 0 bridgehead atoms. The van der Waals surface area contributed by atoms with Crippen molar-refractivity contribution < 1.29 is 9.47 Å². The summed E-state index contributed by atoms with van der Waals surface area (Å²) in [5, 5.41) is 0. The van der Waals surface area contributed by atoms with Gasteiger partial charge in [-0.25, -0.2) is 4.98 Å². The summed E-state index contributed by atoms with van der Waals surface area (Å²) >= 11 is 0. The summed E-state index contributed by atoms with van der Waals surface area (Å²) in [7, 11) is 3.25. The van der Waals surface area contributed by atoms with Crippen LogP contribution in [0.5, 0.6) is 11.5 Å². The van der Waals surface area contributed by atoms with E-state index in [9.17, 15) is 0 Å². The maximum atomic E-state index is 5.88. The largest absolute Gasteiger partial charge is 0.493 e. The zero-order chi connectivity index (χ0) is 14.7. The van der Waals surface area contributed by atoms with Gasteiger partial charge in [-0.05, 0) is 12.3 Å². The Hall–Kier alpha value is -1.75. The highest BCUT2D eigenvalue weighted by Crippen LogP contribution is 2.32. The van der Waals surface area contributed by atoms with Gasteiger partial charge in [-0.2, -0.15) is 0 Å². The van der Waals surface area contributed by atoms with Gasteiger partial charge in [0.2, 0.25) is 0 Å². The second kappa shape index (κ2) is 6.13. The number of nitrogens with two attached hydrogens (primary N) is 1. The summed E-state index contributed by atoms with van der Waals surface area (Å²) in [6.07, 6.45) is 1.02. The van der Waals surface area contributed by atoms with Gasteiger partial charge in [0.15, 0.2) is 11.5 Å². The zero-order valence-corrected chi connectivity index (χ0v) is 12.6. The molecule has 0 saturated heterocycles. The maximum Gasteiger partial charge on any atom is 0.163 e. The molecule has 110 valence electrons. The summed E-state index contributed by atoms with van der Waals surface area (Å²) < 4.78 is 10.6. The van der Waals surface area contributed by atoms with E-state index in [4.69, 9.17) is 15.2 Å². The number of hydrogen-bond donors (Lipinski definition) is 2. The third-order valence-electron chi connectivity index (χ3n) is 3.43. The lowest BCUT2D eigenvalue weighted by molar-refractivity contribution is 0.356. The number of nitrogens with one attached hydrogen (secondary N) is 1. The fourth-order valence-corrected chi connectivity index (χ4v) is 2.44. The molecule has 1 atom stereocenters. The molecule has 0 aliphatic rings. The second-order valence-corrected chi connectivity index (χ2v) is 5.41. The standard InChI is InChI=1S/C15H23N3O2/c1-9(2)5-10(8-16)15-17-11-6-13(19-3)14(20-4)7-12(11)18-15/h6-7,9-10H,5,8,16H2,1-4H3,(H,17,18). The third-order valence-corrected chi connectivity index (χ3v) is 3.43. The van der Waals surface area contributed by atoms with Crippen LogP contribution in [0.15, 0.2) is 12.1 Å². The van der Waals surface area contributed by atoms with Crippen LogP contribution in [0.1, 0.15) is 32.0 Å². The fourth-order valence-electron chi connectivity index (χ4n) is 2.44. The van der Waals surface area contributed by atoms with Crippen LogP contribution in [0, 0.1) is 5.92 Å². The molecule has 3 N–H and O–H groups in total. The van der Waals surface area contributed by atoms with Crippen molar-refractivity contribution in [3.05, 3.63) is 18.0 Å². The van der Waals surface area contributed by atoms with Crippen LogP contribution in [-0.2, 0) is 0 Å². The van der Waals surface area contributed by atoms with E-state index in [-0.39, 0.29) is 5.92 Å². The Labute approximate surface area is 119 Å². The molecule has 1 aromatic carbocycles. The molecule has 2 rings (SSSR count). The van der Waals surface area contributed by atoms with Crippen LogP contribution < -0.4 is 15.2 Å². The number of fused-ring (bicyclic) bond motifs is 1. The van der Waals surface area contributed by atoms with Crippen molar-refractivity contribution in [2.75, 3.05) is 20.8 Å². The van der Waals surface area contributed by atoms with E-state index in [1.54, 1.807) is 14.2 Å². The molecule has 5 nitrogen and oxygen atoms in total. The lowest BCUT2D eigenvalue weighted by Crippen LogP contribution is -2.15. The molecule has 0 radical (unpaired) electrons. The molecular weight excluding hydrogens is 254 g/mol. The van der Waals surface area contributed by atoms with E-state index >= 15 is 0 Å². The topological polar surface area (TPSA) is 73.2 Å². The van der Waals surface area contributed by atoms with Crippen molar-refractivity contribution in [1.82, 2.24) is 9.97 Å². The first-order chi connectivity index (χ1) is 9.58. The van der Waals surface area contributed by atoms with Crippen LogP contribution in [0.2, 0.25) is 0 Å². The summed E-state index contributed by atoms with van der Waals surface area (Å²) in [6, 6.07) is 3.80. The SMILES string of the molecule is COc1cc2nc(C(CN)CC(C)C)[nH]c2cc1OC. The number of aromatic nitrogens is 2. The lowest BCUT2D eigenvalue weighted by atomic mass is 9.97. The van der Waals surface area contributed by atoms with E-state index in [1.807, 2.05) is 12.1 Å². The summed E-state index contributed by atoms with van der Waals surface area (Å²) in [5.41, 5.74) is 7.70. The van der Waals surface area contributed by atoms with E-state index in [0.717, 1.165) is 23.3 Å². The maximum absolute atomic E-state index is 5.88.